The van der Waals surface area contributed by atoms with E-state index in [1.165, 1.54) is 10.6 Å². The molecule has 2 rings (SSSR count). The molecule has 0 atom stereocenters. The first-order chi connectivity index (χ1) is 9.08. The summed E-state index contributed by atoms with van der Waals surface area (Å²) in [5.41, 5.74) is 1.26. The summed E-state index contributed by atoms with van der Waals surface area (Å²) in [7, 11) is 0. The van der Waals surface area contributed by atoms with Gasteiger partial charge in [-0.2, -0.15) is 0 Å². The number of thiophene rings is 1. The van der Waals surface area contributed by atoms with Gasteiger partial charge in [-0.25, -0.2) is 4.79 Å². The zero-order valence-corrected chi connectivity index (χ0v) is 11.2. The molecule has 2 heterocycles. The molecular formula is C13H14N2O3S. The van der Waals surface area contributed by atoms with Gasteiger partial charge >= 0.3 is 5.97 Å². The normalized spacial score (nSPS) is 10.4. The van der Waals surface area contributed by atoms with Gasteiger partial charge in [0.2, 0.25) is 5.91 Å². The average molecular weight is 278 g/mol. The first-order valence-electron chi connectivity index (χ1n) is 5.76. The lowest BCUT2D eigenvalue weighted by Crippen LogP contribution is -2.27. The predicted octanol–water partition coefficient (Wildman–Crippen LogP) is 1.87. The van der Waals surface area contributed by atoms with E-state index in [2.05, 4.69) is 5.32 Å². The molecule has 0 saturated heterocycles. The zero-order chi connectivity index (χ0) is 13.8. The lowest BCUT2D eigenvalue weighted by molar-refractivity contribution is -0.121. The van der Waals surface area contributed by atoms with Crippen LogP contribution in [0, 0.1) is 6.92 Å². The fourth-order valence-corrected chi connectivity index (χ4v) is 2.57. The van der Waals surface area contributed by atoms with Gasteiger partial charge in [0.25, 0.3) is 0 Å². The van der Waals surface area contributed by atoms with Crippen LogP contribution in [0.5, 0.6) is 0 Å². The number of rotatable bonds is 5. The number of carboxylic acids is 1. The van der Waals surface area contributed by atoms with Gasteiger partial charge in [-0.3, -0.25) is 4.79 Å². The smallest absolute Gasteiger partial charge is 0.352 e. The summed E-state index contributed by atoms with van der Waals surface area (Å²) in [6.45, 7) is 2.48. The van der Waals surface area contributed by atoms with Gasteiger partial charge < -0.3 is 15.0 Å². The summed E-state index contributed by atoms with van der Waals surface area (Å²) < 4.78 is 1.42. The Bertz CT molecular complexity index is 601. The quantitative estimate of drug-likeness (QED) is 0.877. The van der Waals surface area contributed by atoms with Gasteiger partial charge in [0, 0.05) is 11.1 Å². The Morgan fingerprint density at radius 2 is 2.21 bits per heavy atom. The number of nitrogens with one attached hydrogen (secondary N) is 1. The van der Waals surface area contributed by atoms with E-state index in [-0.39, 0.29) is 18.1 Å². The molecule has 2 N–H and O–H groups in total. The molecule has 5 nitrogen and oxygen atoms in total. The third-order valence-electron chi connectivity index (χ3n) is 2.78. The first-order valence-corrected chi connectivity index (χ1v) is 6.64. The third-order valence-corrected chi connectivity index (χ3v) is 3.80. The lowest BCUT2D eigenvalue weighted by atomic mass is 10.3. The van der Waals surface area contributed by atoms with Crippen LogP contribution in [0.1, 0.15) is 20.9 Å². The maximum Gasteiger partial charge on any atom is 0.352 e. The molecular weight excluding hydrogens is 264 g/mol. The topological polar surface area (TPSA) is 71.3 Å². The van der Waals surface area contributed by atoms with Gasteiger partial charge in [0.05, 0.1) is 6.54 Å². The molecule has 0 unspecified atom stereocenters. The summed E-state index contributed by atoms with van der Waals surface area (Å²) in [4.78, 5) is 23.8. The Kier molecular flexibility index (Phi) is 4.01. The second-order valence-corrected chi connectivity index (χ2v) is 5.13. The molecule has 2 aromatic rings. The van der Waals surface area contributed by atoms with Crippen molar-refractivity contribution in [2.45, 2.75) is 20.0 Å². The van der Waals surface area contributed by atoms with Crippen LogP contribution in [0.4, 0.5) is 0 Å². The molecule has 0 radical (unpaired) electrons. The summed E-state index contributed by atoms with van der Waals surface area (Å²) in [5, 5.41) is 13.7. The largest absolute Gasteiger partial charge is 0.477 e. The monoisotopic (exact) mass is 278 g/mol. The molecule has 100 valence electrons. The molecule has 19 heavy (non-hydrogen) atoms. The van der Waals surface area contributed by atoms with Crippen LogP contribution in [0.3, 0.4) is 0 Å². The van der Waals surface area contributed by atoms with Crippen LogP contribution in [0.25, 0.3) is 0 Å². The Hall–Kier alpha value is -2.08. The van der Waals surface area contributed by atoms with Crippen molar-refractivity contribution in [1.29, 1.82) is 0 Å². The second kappa shape index (κ2) is 5.71. The predicted molar refractivity (Wildman–Crippen MR) is 72.3 cm³/mol. The van der Waals surface area contributed by atoms with E-state index in [1.54, 1.807) is 23.6 Å². The van der Waals surface area contributed by atoms with Crippen molar-refractivity contribution < 1.29 is 14.7 Å². The summed E-state index contributed by atoms with van der Waals surface area (Å²) in [6, 6.07) is 5.08. The van der Waals surface area contributed by atoms with Crippen LogP contribution in [0.15, 0.2) is 29.8 Å². The number of amides is 1. The average Bonchev–Trinajstić information content (AvgIpc) is 2.95. The van der Waals surface area contributed by atoms with Crippen molar-refractivity contribution in [2.24, 2.45) is 0 Å². The number of hydrogen-bond acceptors (Lipinski definition) is 3. The van der Waals surface area contributed by atoms with Gasteiger partial charge in [-0.05, 0) is 36.1 Å². The Morgan fingerprint density at radius 3 is 2.84 bits per heavy atom. The minimum absolute atomic E-state index is 0.0130. The molecule has 0 aliphatic rings. The highest BCUT2D eigenvalue weighted by molar-refractivity contribution is 7.10. The maximum absolute atomic E-state index is 11.8. The number of carbonyl (C=O) groups excluding carboxylic acids is 1. The molecule has 2 aromatic heterocycles. The Labute approximate surface area is 114 Å². The van der Waals surface area contributed by atoms with E-state index in [0.717, 1.165) is 10.4 Å². The second-order valence-electron chi connectivity index (χ2n) is 4.13. The number of carboxylic acid groups (broad SMARTS) is 1. The summed E-state index contributed by atoms with van der Waals surface area (Å²) in [6.07, 6.45) is 1.58. The van der Waals surface area contributed by atoms with Crippen molar-refractivity contribution in [1.82, 2.24) is 9.88 Å². The van der Waals surface area contributed by atoms with E-state index in [0.29, 0.717) is 6.54 Å². The first kappa shape index (κ1) is 13.4. The molecule has 0 saturated carbocycles. The highest BCUT2D eigenvalue weighted by atomic mass is 32.1. The molecule has 6 heteroatoms. The summed E-state index contributed by atoms with van der Waals surface area (Å²) >= 11 is 1.59. The zero-order valence-electron chi connectivity index (χ0n) is 10.4. The Balaban J connectivity index is 1.93. The van der Waals surface area contributed by atoms with Crippen molar-refractivity contribution in [3.63, 3.8) is 0 Å². The van der Waals surface area contributed by atoms with Gasteiger partial charge in [-0.15, -0.1) is 11.3 Å². The fraction of sp³-hybridized carbons (Fsp3) is 0.231. The van der Waals surface area contributed by atoms with Crippen molar-refractivity contribution in [3.05, 3.63) is 45.9 Å². The molecule has 0 aliphatic carbocycles. The standard InChI is InChI=1S/C13H14N2O3S/c1-9-4-6-19-11(9)7-14-12(16)8-15-5-2-3-10(15)13(17)18/h2-6H,7-8H2,1H3,(H,14,16)(H,17,18). The number of nitrogens with zero attached hydrogens (tertiary/aromatic N) is 1. The number of hydrogen-bond donors (Lipinski definition) is 2. The van der Waals surface area contributed by atoms with E-state index in [9.17, 15) is 9.59 Å². The Morgan fingerprint density at radius 1 is 1.42 bits per heavy atom. The number of carbonyl (C=O) groups is 2. The lowest BCUT2D eigenvalue weighted by Gasteiger charge is -2.07. The van der Waals surface area contributed by atoms with E-state index < -0.39 is 5.97 Å². The van der Waals surface area contributed by atoms with Crippen molar-refractivity contribution in [2.75, 3.05) is 0 Å². The van der Waals surface area contributed by atoms with Crippen molar-refractivity contribution >= 4 is 23.2 Å². The third kappa shape index (κ3) is 3.23. The minimum atomic E-state index is -1.04. The molecule has 0 aromatic carbocycles. The number of aromatic nitrogens is 1. The van der Waals surface area contributed by atoms with Gasteiger partial charge in [0.15, 0.2) is 0 Å². The van der Waals surface area contributed by atoms with Crippen LogP contribution in [-0.4, -0.2) is 21.6 Å². The van der Waals surface area contributed by atoms with Crippen molar-refractivity contribution in [3.8, 4) is 0 Å². The summed E-state index contributed by atoms with van der Waals surface area (Å²) in [5.74, 6) is -1.24. The van der Waals surface area contributed by atoms with E-state index >= 15 is 0 Å². The molecule has 1 amide bonds. The maximum atomic E-state index is 11.8. The molecule has 0 bridgehead atoms. The van der Waals surface area contributed by atoms with E-state index in [1.807, 2.05) is 18.4 Å². The fourth-order valence-electron chi connectivity index (χ4n) is 1.72. The SMILES string of the molecule is Cc1ccsc1CNC(=O)Cn1cccc1C(=O)O. The molecule has 0 fully saturated rings. The highest BCUT2D eigenvalue weighted by Gasteiger charge is 2.11. The van der Waals surface area contributed by atoms with Crippen LogP contribution in [0.2, 0.25) is 0 Å². The van der Waals surface area contributed by atoms with Crippen LogP contribution >= 0.6 is 11.3 Å². The molecule has 0 aliphatic heterocycles. The van der Waals surface area contributed by atoms with Crippen LogP contribution < -0.4 is 5.32 Å². The molecule has 0 spiro atoms. The van der Waals surface area contributed by atoms with Gasteiger partial charge in [0.1, 0.15) is 12.2 Å². The number of aromatic carboxylic acids is 1. The highest BCUT2D eigenvalue weighted by Crippen LogP contribution is 2.14. The minimum Gasteiger partial charge on any atom is -0.477 e. The van der Waals surface area contributed by atoms with Crippen LogP contribution in [-0.2, 0) is 17.9 Å². The number of aryl methyl sites for hydroxylation is 1. The van der Waals surface area contributed by atoms with E-state index in [4.69, 9.17) is 5.11 Å². The van der Waals surface area contributed by atoms with Gasteiger partial charge in [-0.1, -0.05) is 0 Å².